The molecule has 0 heterocycles. The fourth-order valence-electron chi connectivity index (χ4n) is 2.45. The molecule has 0 fully saturated rings. The van der Waals surface area contributed by atoms with Crippen LogP contribution < -0.4 is 5.73 Å². The van der Waals surface area contributed by atoms with Crippen molar-refractivity contribution in [3.63, 3.8) is 0 Å². The van der Waals surface area contributed by atoms with E-state index in [-0.39, 0.29) is 6.04 Å². The van der Waals surface area contributed by atoms with E-state index < -0.39 is 0 Å². The minimum absolute atomic E-state index is 0.166. The fourth-order valence-corrected chi connectivity index (χ4v) is 3.51. The number of hydrogen-bond donors (Lipinski definition) is 1. The van der Waals surface area contributed by atoms with E-state index in [4.69, 9.17) is 5.73 Å². The van der Waals surface area contributed by atoms with E-state index in [1.54, 1.807) is 0 Å². The van der Waals surface area contributed by atoms with E-state index in [0.29, 0.717) is 0 Å². The van der Waals surface area contributed by atoms with Crippen molar-refractivity contribution in [3.05, 3.63) is 31.8 Å². The fraction of sp³-hybridized carbons (Fsp3) is 0.647. The van der Waals surface area contributed by atoms with E-state index in [0.717, 1.165) is 10.9 Å². The van der Waals surface area contributed by atoms with E-state index >= 15 is 0 Å². The topological polar surface area (TPSA) is 26.0 Å². The van der Waals surface area contributed by atoms with Crippen LogP contribution in [0.25, 0.3) is 0 Å². The number of benzene rings is 1. The Morgan fingerprint density at radius 2 is 1.65 bits per heavy atom. The Labute approximate surface area is 146 Å². The summed E-state index contributed by atoms with van der Waals surface area (Å²) in [6, 6.07) is 6.57. The van der Waals surface area contributed by atoms with E-state index in [2.05, 4.69) is 63.6 Å². The van der Waals surface area contributed by atoms with Crippen molar-refractivity contribution < 1.29 is 0 Å². The van der Waals surface area contributed by atoms with Gasteiger partial charge in [-0.1, -0.05) is 74.2 Å². The molecule has 0 amide bonds. The molecule has 1 unspecified atom stereocenters. The second kappa shape index (κ2) is 11.0. The van der Waals surface area contributed by atoms with Crippen LogP contribution in [0.3, 0.4) is 0 Å². The summed E-state index contributed by atoms with van der Waals surface area (Å²) >= 11 is 5.95. The molecule has 20 heavy (non-hydrogen) atoms. The van der Waals surface area contributed by atoms with Crippen LogP contribution in [-0.2, 0) is 0 Å². The zero-order valence-electron chi connectivity index (χ0n) is 12.5. The van der Waals surface area contributed by atoms with Crippen molar-refractivity contribution in [1.29, 1.82) is 0 Å². The molecule has 0 aliphatic carbocycles. The summed E-state index contributed by atoms with van der Waals surface area (Å²) in [5.41, 5.74) is 7.56. The molecule has 0 spiro atoms. The second-order valence-electron chi connectivity index (χ2n) is 5.54. The first-order valence-electron chi connectivity index (χ1n) is 7.85. The van der Waals surface area contributed by atoms with Crippen LogP contribution in [0.4, 0.5) is 0 Å². The number of halogens is 2. The smallest absolute Gasteiger partial charge is 0.0306 e. The standard InChI is InChI=1S/C17H27BrIN/c1-2-3-4-5-6-7-8-9-10-17(20)15-13-14(19)11-12-16(15)18/h11-13,17H,2-10,20H2,1H3. The van der Waals surface area contributed by atoms with Crippen molar-refractivity contribution in [3.8, 4) is 0 Å². The summed E-state index contributed by atoms with van der Waals surface area (Å²) in [7, 11) is 0. The van der Waals surface area contributed by atoms with E-state index in [9.17, 15) is 0 Å². The van der Waals surface area contributed by atoms with Gasteiger partial charge in [0.15, 0.2) is 0 Å². The Bertz CT molecular complexity index is 381. The minimum atomic E-state index is 0.166. The lowest BCUT2D eigenvalue weighted by atomic mass is 10.0. The lowest BCUT2D eigenvalue weighted by Crippen LogP contribution is -2.11. The summed E-state index contributed by atoms with van der Waals surface area (Å²) in [6.07, 6.45) is 12.0. The predicted octanol–water partition coefficient (Wildman–Crippen LogP) is 6.58. The third kappa shape index (κ3) is 7.41. The molecule has 1 aromatic carbocycles. The van der Waals surface area contributed by atoms with Crippen molar-refractivity contribution in [2.24, 2.45) is 5.73 Å². The van der Waals surface area contributed by atoms with Gasteiger partial charge < -0.3 is 5.73 Å². The maximum atomic E-state index is 6.31. The number of unbranched alkanes of at least 4 members (excludes halogenated alkanes) is 7. The van der Waals surface area contributed by atoms with Crippen molar-refractivity contribution in [1.82, 2.24) is 0 Å². The molecule has 114 valence electrons. The number of nitrogens with two attached hydrogens (primary N) is 1. The van der Waals surface area contributed by atoms with Crippen LogP contribution in [0.15, 0.2) is 22.7 Å². The van der Waals surface area contributed by atoms with Crippen LogP contribution in [0.1, 0.15) is 76.3 Å². The first kappa shape index (κ1) is 18.4. The molecule has 0 saturated heterocycles. The molecular weight excluding hydrogens is 425 g/mol. The van der Waals surface area contributed by atoms with Gasteiger partial charge in [0.05, 0.1) is 0 Å². The molecule has 1 aromatic rings. The number of hydrogen-bond acceptors (Lipinski definition) is 1. The Kier molecular flexibility index (Phi) is 10.2. The third-order valence-electron chi connectivity index (χ3n) is 3.73. The molecule has 0 bridgehead atoms. The molecule has 3 heteroatoms. The van der Waals surface area contributed by atoms with Gasteiger partial charge in [-0.05, 0) is 52.8 Å². The van der Waals surface area contributed by atoms with E-state index in [1.807, 2.05) is 0 Å². The molecule has 2 N–H and O–H groups in total. The Balaban J connectivity index is 2.17. The summed E-state index contributed by atoms with van der Waals surface area (Å²) in [5.74, 6) is 0. The van der Waals surface area contributed by atoms with Gasteiger partial charge in [-0.15, -0.1) is 0 Å². The van der Waals surface area contributed by atoms with Crippen molar-refractivity contribution in [2.75, 3.05) is 0 Å². The summed E-state index contributed by atoms with van der Waals surface area (Å²) < 4.78 is 2.40. The highest BCUT2D eigenvalue weighted by Crippen LogP contribution is 2.27. The van der Waals surface area contributed by atoms with Gasteiger partial charge in [-0.3, -0.25) is 0 Å². The quantitative estimate of drug-likeness (QED) is 0.315. The second-order valence-corrected chi connectivity index (χ2v) is 7.64. The average Bonchev–Trinajstić information content (AvgIpc) is 2.44. The Morgan fingerprint density at radius 1 is 1.05 bits per heavy atom. The zero-order chi connectivity index (χ0) is 14.8. The van der Waals surface area contributed by atoms with Gasteiger partial charge >= 0.3 is 0 Å². The minimum Gasteiger partial charge on any atom is -0.324 e. The van der Waals surface area contributed by atoms with Crippen LogP contribution in [-0.4, -0.2) is 0 Å². The highest BCUT2D eigenvalue weighted by atomic mass is 127. The van der Waals surface area contributed by atoms with Gasteiger partial charge in [0, 0.05) is 14.1 Å². The molecule has 0 saturated carbocycles. The first-order chi connectivity index (χ1) is 9.65. The predicted molar refractivity (Wildman–Crippen MR) is 101 cm³/mol. The van der Waals surface area contributed by atoms with Crippen LogP contribution in [0, 0.1) is 3.57 Å². The third-order valence-corrected chi connectivity index (χ3v) is 5.12. The first-order valence-corrected chi connectivity index (χ1v) is 9.73. The highest BCUT2D eigenvalue weighted by Gasteiger charge is 2.10. The monoisotopic (exact) mass is 451 g/mol. The maximum absolute atomic E-state index is 6.31. The lowest BCUT2D eigenvalue weighted by molar-refractivity contribution is 0.535. The van der Waals surface area contributed by atoms with Crippen molar-refractivity contribution in [2.45, 2.75) is 70.8 Å². The van der Waals surface area contributed by atoms with Crippen LogP contribution in [0.5, 0.6) is 0 Å². The van der Waals surface area contributed by atoms with Crippen LogP contribution >= 0.6 is 38.5 Å². The normalized spacial score (nSPS) is 12.6. The van der Waals surface area contributed by atoms with Gasteiger partial charge in [-0.25, -0.2) is 0 Å². The molecule has 0 aliphatic heterocycles. The Morgan fingerprint density at radius 3 is 2.30 bits per heavy atom. The van der Waals surface area contributed by atoms with Gasteiger partial charge in [0.2, 0.25) is 0 Å². The molecule has 1 rings (SSSR count). The molecule has 1 nitrogen and oxygen atoms in total. The largest absolute Gasteiger partial charge is 0.324 e. The van der Waals surface area contributed by atoms with Gasteiger partial charge in [-0.2, -0.15) is 0 Å². The highest BCUT2D eigenvalue weighted by molar-refractivity contribution is 14.1. The number of rotatable bonds is 10. The van der Waals surface area contributed by atoms with E-state index in [1.165, 1.54) is 60.5 Å². The Hall–Kier alpha value is 0.390. The zero-order valence-corrected chi connectivity index (χ0v) is 16.3. The summed E-state index contributed by atoms with van der Waals surface area (Å²) in [4.78, 5) is 0. The van der Waals surface area contributed by atoms with Crippen LogP contribution in [0.2, 0.25) is 0 Å². The average molecular weight is 452 g/mol. The molecule has 0 aromatic heterocycles. The van der Waals surface area contributed by atoms with Gasteiger partial charge in [0.1, 0.15) is 0 Å². The maximum Gasteiger partial charge on any atom is 0.0306 e. The molecule has 0 aliphatic rings. The summed E-state index contributed by atoms with van der Waals surface area (Å²) in [6.45, 7) is 2.27. The molecular formula is C17H27BrIN. The summed E-state index contributed by atoms with van der Waals surface area (Å²) in [5, 5.41) is 0. The van der Waals surface area contributed by atoms with Gasteiger partial charge in [0.25, 0.3) is 0 Å². The molecule has 1 atom stereocenters. The molecule has 0 radical (unpaired) electrons. The van der Waals surface area contributed by atoms with Crippen molar-refractivity contribution >= 4 is 38.5 Å². The SMILES string of the molecule is CCCCCCCCCCC(N)c1cc(I)ccc1Br. The lowest BCUT2D eigenvalue weighted by Gasteiger charge is -2.14.